The van der Waals surface area contributed by atoms with Gasteiger partial charge in [-0.15, -0.1) is 0 Å². The van der Waals surface area contributed by atoms with Crippen molar-refractivity contribution >= 4 is 17.7 Å². The van der Waals surface area contributed by atoms with Crippen LogP contribution in [0, 0.1) is 0 Å². The summed E-state index contributed by atoms with van der Waals surface area (Å²) in [5.41, 5.74) is 1.04. The molecule has 0 aliphatic heterocycles. The van der Waals surface area contributed by atoms with Crippen LogP contribution in [0.2, 0.25) is 0 Å². The standard InChI is InChI=1S/C19H30N2O4/c1-6-21(18(23)25-19(2,3)4)14-15-10-7-8-11-16(15)20-17(22)12-9-13-24-5/h7-8,10-11H,6,9,12-14H2,1-5H3,(H,20,22). The molecule has 0 fully saturated rings. The van der Waals surface area contributed by atoms with Gasteiger partial charge in [-0.2, -0.15) is 0 Å². The molecule has 0 aliphatic rings. The van der Waals surface area contributed by atoms with Gasteiger partial charge in [0.25, 0.3) is 0 Å². The van der Waals surface area contributed by atoms with Crippen LogP contribution in [0.3, 0.4) is 0 Å². The van der Waals surface area contributed by atoms with Gasteiger partial charge in [-0.05, 0) is 45.7 Å². The van der Waals surface area contributed by atoms with Gasteiger partial charge in [0, 0.05) is 32.4 Å². The molecule has 1 N–H and O–H groups in total. The predicted octanol–water partition coefficient (Wildman–Crippen LogP) is 3.81. The second-order valence-corrected chi connectivity index (χ2v) is 6.80. The van der Waals surface area contributed by atoms with Crippen LogP contribution in [0.5, 0.6) is 0 Å². The Morgan fingerprint density at radius 3 is 2.48 bits per heavy atom. The molecule has 0 aromatic heterocycles. The molecule has 0 aliphatic carbocycles. The predicted molar refractivity (Wildman–Crippen MR) is 98.5 cm³/mol. The molecular formula is C19H30N2O4. The maximum Gasteiger partial charge on any atom is 0.410 e. The molecule has 0 saturated heterocycles. The van der Waals surface area contributed by atoms with Crippen LogP contribution in [-0.2, 0) is 20.8 Å². The monoisotopic (exact) mass is 350 g/mol. The first kappa shape index (κ1) is 21.0. The van der Waals surface area contributed by atoms with Gasteiger partial charge in [0.05, 0.1) is 6.54 Å². The number of benzene rings is 1. The maximum atomic E-state index is 12.3. The number of nitrogens with one attached hydrogen (secondary N) is 1. The Hall–Kier alpha value is -2.08. The second-order valence-electron chi connectivity index (χ2n) is 6.80. The van der Waals surface area contributed by atoms with E-state index in [1.54, 1.807) is 12.0 Å². The Morgan fingerprint density at radius 1 is 1.20 bits per heavy atom. The average Bonchev–Trinajstić information content (AvgIpc) is 2.52. The molecule has 1 aromatic carbocycles. The Labute approximate surface area is 150 Å². The van der Waals surface area contributed by atoms with E-state index in [0.717, 1.165) is 5.56 Å². The summed E-state index contributed by atoms with van der Waals surface area (Å²) in [7, 11) is 1.61. The first-order valence-electron chi connectivity index (χ1n) is 8.61. The van der Waals surface area contributed by atoms with Crippen molar-refractivity contribution in [2.75, 3.05) is 25.6 Å². The minimum Gasteiger partial charge on any atom is -0.444 e. The van der Waals surface area contributed by atoms with Crippen molar-refractivity contribution in [3.63, 3.8) is 0 Å². The quantitative estimate of drug-likeness (QED) is 0.724. The molecule has 0 bridgehead atoms. The normalized spacial score (nSPS) is 11.1. The minimum atomic E-state index is -0.542. The summed E-state index contributed by atoms with van der Waals surface area (Å²) in [6.07, 6.45) is 0.700. The molecule has 25 heavy (non-hydrogen) atoms. The molecule has 2 amide bonds. The van der Waals surface area contributed by atoms with Crippen LogP contribution in [0.4, 0.5) is 10.5 Å². The fourth-order valence-electron chi connectivity index (χ4n) is 2.21. The molecular weight excluding hydrogens is 320 g/mol. The van der Waals surface area contributed by atoms with Gasteiger partial charge in [-0.3, -0.25) is 4.79 Å². The van der Waals surface area contributed by atoms with Crippen LogP contribution in [0.1, 0.15) is 46.1 Å². The van der Waals surface area contributed by atoms with E-state index in [0.29, 0.717) is 38.2 Å². The summed E-state index contributed by atoms with van der Waals surface area (Å²) in [5, 5.41) is 2.91. The van der Waals surface area contributed by atoms with Crippen LogP contribution in [0.15, 0.2) is 24.3 Å². The minimum absolute atomic E-state index is 0.0650. The smallest absolute Gasteiger partial charge is 0.410 e. The third-order valence-corrected chi connectivity index (χ3v) is 3.44. The van der Waals surface area contributed by atoms with Gasteiger partial charge < -0.3 is 19.7 Å². The molecule has 0 unspecified atom stereocenters. The third-order valence-electron chi connectivity index (χ3n) is 3.44. The van der Waals surface area contributed by atoms with Gasteiger partial charge in [-0.1, -0.05) is 18.2 Å². The zero-order chi connectivity index (χ0) is 18.9. The molecule has 1 rings (SSSR count). The Bertz CT molecular complexity index is 567. The Kier molecular flexibility index (Phi) is 8.41. The van der Waals surface area contributed by atoms with E-state index in [1.165, 1.54) is 0 Å². The number of nitrogens with zero attached hydrogens (tertiary/aromatic N) is 1. The van der Waals surface area contributed by atoms with E-state index in [9.17, 15) is 9.59 Å². The van der Waals surface area contributed by atoms with Gasteiger partial charge in [0.1, 0.15) is 5.60 Å². The summed E-state index contributed by atoms with van der Waals surface area (Å²) < 4.78 is 10.4. The van der Waals surface area contributed by atoms with Crippen molar-refractivity contribution in [2.45, 2.75) is 52.7 Å². The van der Waals surface area contributed by atoms with Crippen LogP contribution >= 0.6 is 0 Å². The van der Waals surface area contributed by atoms with Crippen molar-refractivity contribution in [1.82, 2.24) is 4.90 Å². The first-order valence-corrected chi connectivity index (χ1v) is 8.61. The summed E-state index contributed by atoms with van der Waals surface area (Å²) in [4.78, 5) is 26.0. The lowest BCUT2D eigenvalue weighted by atomic mass is 10.1. The highest BCUT2D eigenvalue weighted by molar-refractivity contribution is 5.91. The van der Waals surface area contributed by atoms with E-state index in [1.807, 2.05) is 52.0 Å². The molecule has 140 valence electrons. The average molecular weight is 350 g/mol. The highest BCUT2D eigenvalue weighted by Gasteiger charge is 2.22. The molecule has 0 saturated carbocycles. The van der Waals surface area contributed by atoms with E-state index < -0.39 is 5.60 Å². The van der Waals surface area contributed by atoms with Crippen LogP contribution < -0.4 is 5.32 Å². The molecule has 0 spiro atoms. The van der Waals surface area contributed by atoms with Gasteiger partial charge in [0.15, 0.2) is 0 Å². The summed E-state index contributed by atoms with van der Waals surface area (Å²) in [6.45, 7) is 8.87. The van der Waals surface area contributed by atoms with Crippen molar-refractivity contribution < 1.29 is 19.1 Å². The number of hydrogen-bond donors (Lipinski definition) is 1. The number of ether oxygens (including phenoxy) is 2. The van der Waals surface area contributed by atoms with Crippen LogP contribution in [-0.4, -0.2) is 42.8 Å². The zero-order valence-electron chi connectivity index (χ0n) is 15.9. The van der Waals surface area contributed by atoms with Crippen LogP contribution in [0.25, 0.3) is 0 Å². The maximum absolute atomic E-state index is 12.3. The van der Waals surface area contributed by atoms with E-state index >= 15 is 0 Å². The molecule has 1 aromatic rings. The highest BCUT2D eigenvalue weighted by atomic mass is 16.6. The van der Waals surface area contributed by atoms with E-state index in [4.69, 9.17) is 9.47 Å². The lowest BCUT2D eigenvalue weighted by Gasteiger charge is -2.27. The molecule has 6 nitrogen and oxygen atoms in total. The van der Waals surface area contributed by atoms with Gasteiger partial charge in [-0.25, -0.2) is 4.79 Å². The van der Waals surface area contributed by atoms with Gasteiger partial charge >= 0.3 is 6.09 Å². The number of methoxy groups -OCH3 is 1. The molecule has 6 heteroatoms. The number of amides is 2. The summed E-state index contributed by atoms with van der Waals surface area (Å²) >= 11 is 0. The lowest BCUT2D eigenvalue weighted by molar-refractivity contribution is -0.116. The number of rotatable bonds is 8. The number of hydrogen-bond acceptors (Lipinski definition) is 4. The molecule has 0 radical (unpaired) electrons. The fraction of sp³-hybridized carbons (Fsp3) is 0.579. The summed E-state index contributed by atoms with van der Waals surface area (Å²) in [5.74, 6) is -0.0650. The number of anilines is 1. The topological polar surface area (TPSA) is 67.9 Å². The van der Waals surface area contributed by atoms with E-state index in [2.05, 4.69) is 5.32 Å². The van der Waals surface area contributed by atoms with E-state index in [-0.39, 0.29) is 12.0 Å². The SMILES string of the molecule is CCN(Cc1ccccc1NC(=O)CCCOC)C(=O)OC(C)(C)C. The van der Waals surface area contributed by atoms with Gasteiger partial charge in [0.2, 0.25) is 5.91 Å². The Morgan fingerprint density at radius 2 is 1.88 bits per heavy atom. The highest BCUT2D eigenvalue weighted by Crippen LogP contribution is 2.19. The first-order chi connectivity index (χ1) is 11.8. The zero-order valence-corrected chi connectivity index (χ0v) is 15.9. The summed E-state index contributed by atoms with van der Waals surface area (Å²) in [6, 6.07) is 7.49. The van der Waals surface area contributed by atoms with Crippen molar-refractivity contribution in [3.05, 3.63) is 29.8 Å². The third kappa shape index (κ3) is 8.03. The Balaban J connectivity index is 2.77. The number of para-hydroxylation sites is 1. The second kappa shape index (κ2) is 10.0. The molecule has 0 atom stereocenters. The lowest BCUT2D eigenvalue weighted by Crippen LogP contribution is -2.36. The van der Waals surface area contributed by atoms with Crippen molar-refractivity contribution in [1.29, 1.82) is 0 Å². The van der Waals surface area contributed by atoms with Crippen molar-refractivity contribution in [2.24, 2.45) is 0 Å². The fourth-order valence-corrected chi connectivity index (χ4v) is 2.21. The van der Waals surface area contributed by atoms with Crippen molar-refractivity contribution in [3.8, 4) is 0 Å². The number of carbonyl (C=O) groups excluding carboxylic acids is 2. The number of carbonyl (C=O) groups is 2. The largest absolute Gasteiger partial charge is 0.444 e. The molecule has 0 heterocycles.